The van der Waals surface area contributed by atoms with Crippen LogP contribution in [0.2, 0.25) is 0 Å². The van der Waals surface area contributed by atoms with Crippen LogP contribution in [0.4, 0.5) is 0 Å². The molecule has 2 aliphatic heterocycles. The Morgan fingerprint density at radius 3 is 2.57 bits per heavy atom. The van der Waals surface area contributed by atoms with Crippen molar-refractivity contribution in [3.8, 4) is 5.75 Å². The van der Waals surface area contributed by atoms with Gasteiger partial charge >= 0.3 is 0 Å². The predicted molar refractivity (Wildman–Crippen MR) is 104 cm³/mol. The first-order valence-electron chi connectivity index (χ1n) is 9.43. The highest BCUT2D eigenvalue weighted by atomic mass is 16.5. The Kier molecular flexibility index (Phi) is 4.91. The average molecular weight is 406 g/mol. The Hall–Kier alpha value is -3.81. The Balaban J connectivity index is 1.52. The number of fused-ring (bicyclic) bond motifs is 1. The van der Waals surface area contributed by atoms with Gasteiger partial charge in [0.15, 0.2) is 5.78 Å². The van der Waals surface area contributed by atoms with Gasteiger partial charge in [-0.05, 0) is 43.2 Å². The number of hydrogen-bond donors (Lipinski definition) is 1. The van der Waals surface area contributed by atoms with Crippen LogP contribution in [-0.4, -0.2) is 40.4 Å². The maximum absolute atomic E-state index is 12.8. The second-order valence-electron chi connectivity index (χ2n) is 7.20. The zero-order chi connectivity index (χ0) is 21.4. The van der Waals surface area contributed by atoms with Gasteiger partial charge in [0.25, 0.3) is 11.8 Å². The minimum atomic E-state index is -1.01. The molecule has 0 aromatic heterocycles. The molecule has 8 nitrogen and oxygen atoms in total. The third-order valence-electron chi connectivity index (χ3n) is 5.15. The van der Waals surface area contributed by atoms with Gasteiger partial charge in [0.05, 0.1) is 11.1 Å². The zero-order valence-electron chi connectivity index (χ0n) is 16.1. The first kappa shape index (κ1) is 19.5. The van der Waals surface area contributed by atoms with Crippen molar-refractivity contribution in [3.05, 3.63) is 64.7 Å². The van der Waals surface area contributed by atoms with Gasteiger partial charge in [-0.1, -0.05) is 18.2 Å². The fraction of sp³-hybridized carbons (Fsp3) is 0.227. The third-order valence-corrected chi connectivity index (χ3v) is 5.15. The van der Waals surface area contributed by atoms with Crippen molar-refractivity contribution >= 4 is 29.4 Å². The van der Waals surface area contributed by atoms with Crippen LogP contribution in [0.3, 0.4) is 0 Å². The molecular weight excluding hydrogens is 388 g/mol. The summed E-state index contributed by atoms with van der Waals surface area (Å²) in [7, 11) is 0. The van der Waals surface area contributed by atoms with Gasteiger partial charge in [-0.25, -0.2) is 0 Å². The van der Waals surface area contributed by atoms with Gasteiger partial charge in [0, 0.05) is 12.0 Å². The van der Waals surface area contributed by atoms with Crippen LogP contribution in [0.1, 0.15) is 56.4 Å². The van der Waals surface area contributed by atoms with Crippen molar-refractivity contribution in [2.45, 2.75) is 32.4 Å². The molecule has 30 heavy (non-hydrogen) atoms. The summed E-state index contributed by atoms with van der Waals surface area (Å²) in [6.45, 7) is 1.66. The summed E-state index contributed by atoms with van der Waals surface area (Å²) in [5.74, 6) is -1.89. The van der Waals surface area contributed by atoms with Crippen LogP contribution in [0.5, 0.6) is 5.75 Å². The molecule has 1 saturated heterocycles. The van der Waals surface area contributed by atoms with Crippen LogP contribution in [0.25, 0.3) is 0 Å². The van der Waals surface area contributed by atoms with Gasteiger partial charge in [0.1, 0.15) is 18.4 Å². The lowest BCUT2D eigenvalue weighted by Gasteiger charge is -2.27. The molecule has 152 valence electrons. The molecule has 0 spiro atoms. The van der Waals surface area contributed by atoms with Crippen LogP contribution < -0.4 is 10.1 Å². The number of ether oxygens (including phenoxy) is 1. The monoisotopic (exact) mass is 406 g/mol. The number of amides is 4. The molecular formula is C22H18N2O6. The first-order valence-corrected chi connectivity index (χ1v) is 9.43. The lowest BCUT2D eigenvalue weighted by atomic mass is 10.0. The fourth-order valence-electron chi connectivity index (χ4n) is 3.59. The molecule has 0 bridgehead atoms. The Morgan fingerprint density at radius 2 is 1.83 bits per heavy atom. The van der Waals surface area contributed by atoms with E-state index in [2.05, 4.69) is 5.32 Å². The van der Waals surface area contributed by atoms with Crippen LogP contribution in [0, 0.1) is 0 Å². The summed E-state index contributed by atoms with van der Waals surface area (Å²) in [4.78, 5) is 61.4. The summed E-state index contributed by atoms with van der Waals surface area (Å²) in [6.07, 6.45) is 0.170. The van der Waals surface area contributed by atoms with E-state index in [0.717, 1.165) is 10.5 Å². The summed E-state index contributed by atoms with van der Waals surface area (Å²) in [6, 6.07) is 10.6. The van der Waals surface area contributed by atoms with Gasteiger partial charge in [-0.3, -0.25) is 34.2 Å². The molecule has 2 aromatic rings. The summed E-state index contributed by atoms with van der Waals surface area (Å²) >= 11 is 0. The number of benzene rings is 2. The Labute approximate surface area is 171 Å². The number of nitrogens with one attached hydrogen (secondary N) is 1. The highest BCUT2D eigenvalue weighted by molar-refractivity contribution is 6.23. The van der Waals surface area contributed by atoms with E-state index in [9.17, 15) is 24.0 Å². The van der Waals surface area contributed by atoms with E-state index in [4.69, 9.17) is 4.74 Å². The molecule has 8 heteroatoms. The van der Waals surface area contributed by atoms with Gasteiger partial charge in [-0.15, -0.1) is 0 Å². The molecule has 1 fully saturated rings. The van der Waals surface area contributed by atoms with E-state index < -0.39 is 29.7 Å². The smallest absolute Gasteiger partial charge is 0.262 e. The molecule has 0 aliphatic carbocycles. The minimum absolute atomic E-state index is 0.0490. The number of hydrogen-bond acceptors (Lipinski definition) is 6. The highest BCUT2D eigenvalue weighted by Crippen LogP contribution is 2.30. The number of nitrogens with zero attached hydrogens (tertiary/aromatic N) is 1. The Bertz CT molecular complexity index is 1110. The van der Waals surface area contributed by atoms with E-state index in [-0.39, 0.29) is 36.4 Å². The zero-order valence-corrected chi connectivity index (χ0v) is 16.1. The fourth-order valence-corrected chi connectivity index (χ4v) is 3.59. The van der Waals surface area contributed by atoms with E-state index in [1.165, 1.54) is 19.1 Å². The molecule has 1 unspecified atom stereocenters. The minimum Gasteiger partial charge on any atom is -0.489 e. The molecule has 0 radical (unpaired) electrons. The number of carbonyl (C=O) groups is 5. The normalized spacial score (nSPS) is 18.3. The first-order chi connectivity index (χ1) is 14.3. The molecule has 0 saturated carbocycles. The van der Waals surface area contributed by atoms with Crippen molar-refractivity contribution in [2.75, 3.05) is 0 Å². The highest BCUT2D eigenvalue weighted by Gasteiger charge is 2.44. The number of rotatable bonds is 5. The third kappa shape index (κ3) is 3.47. The maximum atomic E-state index is 12.8. The lowest BCUT2D eigenvalue weighted by molar-refractivity contribution is -0.136. The topological polar surface area (TPSA) is 110 Å². The van der Waals surface area contributed by atoms with E-state index in [1.807, 2.05) is 6.07 Å². The van der Waals surface area contributed by atoms with Crippen LogP contribution >= 0.6 is 0 Å². The molecule has 2 aliphatic rings. The van der Waals surface area contributed by atoms with E-state index in [0.29, 0.717) is 11.3 Å². The number of imide groups is 2. The standard InChI is InChI=1S/C22H18N2O6/c1-12(25)14-4-2-3-13(9-14)11-30-15-5-6-16-17(10-15)22(29)24(21(16)28)18-7-8-19(26)23-20(18)27/h2-6,9-10,18H,7-8,11H2,1H3,(H,23,26,27). The SMILES string of the molecule is CC(=O)c1cccc(COc2ccc3c(c2)C(=O)N(C2CCC(=O)NC2=O)C3=O)c1. The number of Topliss-reactive ketones (excluding diaryl/α,β-unsaturated/α-hetero) is 1. The molecule has 4 rings (SSSR count). The van der Waals surface area contributed by atoms with Crippen molar-refractivity contribution < 1.29 is 28.7 Å². The second-order valence-corrected chi connectivity index (χ2v) is 7.20. The number of piperidine rings is 1. The molecule has 2 aromatic carbocycles. The maximum Gasteiger partial charge on any atom is 0.262 e. The average Bonchev–Trinajstić information content (AvgIpc) is 2.97. The van der Waals surface area contributed by atoms with Gasteiger partial charge in [0.2, 0.25) is 11.8 Å². The summed E-state index contributed by atoms with van der Waals surface area (Å²) in [5.41, 5.74) is 1.71. The van der Waals surface area contributed by atoms with Crippen molar-refractivity contribution in [2.24, 2.45) is 0 Å². The predicted octanol–water partition coefficient (Wildman–Crippen LogP) is 1.87. The lowest BCUT2D eigenvalue weighted by Crippen LogP contribution is -2.54. The molecule has 4 amide bonds. The summed E-state index contributed by atoms with van der Waals surface area (Å²) in [5, 5.41) is 2.16. The largest absolute Gasteiger partial charge is 0.489 e. The number of carbonyl (C=O) groups excluding carboxylic acids is 5. The summed E-state index contributed by atoms with van der Waals surface area (Å²) < 4.78 is 5.73. The second kappa shape index (κ2) is 7.55. The van der Waals surface area contributed by atoms with E-state index >= 15 is 0 Å². The van der Waals surface area contributed by atoms with Crippen molar-refractivity contribution in [1.82, 2.24) is 10.2 Å². The van der Waals surface area contributed by atoms with Crippen LogP contribution in [0.15, 0.2) is 42.5 Å². The molecule has 1 atom stereocenters. The van der Waals surface area contributed by atoms with E-state index in [1.54, 1.807) is 24.3 Å². The van der Waals surface area contributed by atoms with Gasteiger partial charge < -0.3 is 4.74 Å². The number of ketones is 1. The molecule has 1 N–H and O–H groups in total. The van der Waals surface area contributed by atoms with Crippen LogP contribution in [-0.2, 0) is 16.2 Å². The van der Waals surface area contributed by atoms with Crippen molar-refractivity contribution in [3.63, 3.8) is 0 Å². The van der Waals surface area contributed by atoms with Gasteiger partial charge in [-0.2, -0.15) is 0 Å². The molecule has 2 heterocycles. The van der Waals surface area contributed by atoms with Crippen molar-refractivity contribution in [1.29, 1.82) is 0 Å². The quantitative estimate of drug-likeness (QED) is 0.600. The Morgan fingerprint density at radius 1 is 1.07 bits per heavy atom.